The summed E-state index contributed by atoms with van der Waals surface area (Å²) in [4.78, 5) is 2.45. The van der Waals surface area contributed by atoms with Gasteiger partial charge in [0, 0.05) is 47.7 Å². The Balaban J connectivity index is 1.05. The standard InChI is InChI=1S/C64H41NOS/c1-63(2)50-24-10-5-19-43(50)44-32-30-39(37-55(44)63)65(56-27-15-23-46-45-20-8-13-28-57(45)66-62(46)56)38-31-33-53-49(36-38)41-17-4-3-16-40(41)42-18-6-11-25-51(42)64(53)52-26-12-7-21-47(52)60-54(64)34-35-59-61(60)48-22-9-14-29-58(48)67-59/h3-37H,1-2H3. The van der Waals surface area contributed by atoms with Crippen LogP contribution in [0.25, 0.3) is 86.6 Å². The van der Waals surface area contributed by atoms with E-state index in [9.17, 15) is 0 Å². The normalized spacial score (nSPS) is 15.8. The van der Waals surface area contributed by atoms with Crippen LogP contribution in [0.2, 0.25) is 0 Å². The minimum atomic E-state index is -0.612. The molecule has 3 aliphatic rings. The van der Waals surface area contributed by atoms with E-state index in [0.717, 1.165) is 39.0 Å². The number of anilines is 3. The van der Waals surface area contributed by atoms with Gasteiger partial charge in [0.05, 0.1) is 11.1 Å². The van der Waals surface area contributed by atoms with E-state index in [2.05, 4.69) is 231 Å². The third-order valence-corrected chi connectivity index (χ3v) is 16.6. The number of hydrogen-bond acceptors (Lipinski definition) is 3. The summed E-state index contributed by atoms with van der Waals surface area (Å²) in [6.45, 7) is 4.73. The van der Waals surface area contributed by atoms with Crippen molar-refractivity contribution in [1.29, 1.82) is 0 Å². The smallest absolute Gasteiger partial charge is 0.159 e. The van der Waals surface area contributed by atoms with Crippen LogP contribution in [-0.4, -0.2) is 0 Å². The van der Waals surface area contributed by atoms with Crippen LogP contribution in [0.4, 0.5) is 17.1 Å². The molecule has 2 nitrogen and oxygen atoms in total. The van der Waals surface area contributed by atoms with E-state index in [1.165, 1.54) is 98.1 Å². The van der Waals surface area contributed by atoms with Crippen molar-refractivity contribution in [3.8, 4) is 44.5 Å². The Bertz CT molecular complexity index is 4110. The van der Waals surface area contributed by atoms with E-state index >= 15 is 0 Å². The number of para-hydroxylation sites is 2. The molecule has 2 heterocycles. The molecule has 67 heavy (non-hydrogen) atoms. The zero-order valence-electron chi connectivity index (χ0n) is 37.0. The van der Waals surface area contributed by atoms with Gasteiger partial charge in [-0.25, -0.2) is 0 Å². The predicted octanol–water partition coefficient (Wildman–Crippen LogP) is 17.7. The molecule has 1 unspecified atom stereocenters. The molecule has 10 aromatic carbocycles. The molecule has 0 radical (unpaired) electrons. The summed E-state index contributed by atoms with van der Waals surface area (Å²) >= 11 is 1.90. The summed E-state index contributed by atoms with van der Waals surface area (Å²) in [6.07, 6.45) is 0. The van der Waals surface area contributed by atoms with Crippen LogP contribution in [0.5, 0.6) is 0 Å². The molecule has 0 bridgehead atoms. The van der Waals surface area contributed by atoms with Gasteiger partial charge in [-0.3, -0.25) is 0 Å². The van der Waals surface area contributed by atoms with Crippen molar-refractivity contribution in [2.45, 2.75) is 24.7 Å². The largest absolute Gasteiger partial charge is 0.454 e. The van der Waals surface area contributed by atoms with Crippen LogP contribution in [0.15, 0.2) is 217 Å². The molecule has 1 spiro atoms. The number of hydrogen-bond donors (Lipinski definition) is 0. The Hall–Kier alpha value is -7.98. The van der Waals surface area contributed by atoms with Crippen molar-refractivity contribution in [1.82, 2.24) is 0 Å². The number of fused-ring (bicyclic) bond motifs is 22. The maximum Gasteiger partial charge on any atom is 0.159 e. The van der Waals surface area contributed by atoms with Crippen LogP contribution in [0.3, 0.4) is 0 Å². The minimum Gasteiger partial charge on any atom is -0.454 e. The first kappa shape index (κ1) is 37.3. The van der Waals surface area contributed by atoms with E-state index < -0.39 is 5.41 Å². The van der Waals surface area contributed by atoms with Crippen LogP contribution < -0.4 is 4.90 Å². The molecule has 0 fully saturated rings. The maximum atomic E-state index is 6.90. The van der Waals surface area contributed by atoms with Gasteiger partial charge < -0.3 is 9.32 Å². The Labute approximate surface area is 392 Å². The van der Waals surface area contributed by atoms with Gasteiger partial charge >= 0.3 is 0 Å². The van der Waals surface area contributed by atoms with Crippen LogP contribution in [0, 0.1) is 0 Å². The van der Waals surface area contributed by atoms with E-state index in [4.69, 9.17) is 4.42 Å². The molecule has 1 atom stereocenters. The highest BCUT2D eigenvalue weighted by molar-refractivity contribution is 7.26. The molecule has 12 aromatic rings. The number of nitrogens with zero attached hydrogens (tertiary/aromatic N) is 1. The summed E-state index contributed by atoms with van der Waals surface area (Å²) in [6, 6.07) is 79.7. The van der Waals surface area contributed by atoms with Gasteiger partial charge in [-0.05, 0) is 126 Å². The summed E-state index contributed by atoms with van der Waals surface area (Å²) in [7, 11) is 0. The number of furan rings is 1. The Morgan fingerprint density at radius 1 is 0.388 bits per heavy atom. The van der Waals surface area contributed by atoms with E-state index in [-0.39, 0.29) is 5.41 Å². The molecular formula is C64H41NOS. The third kappa shape index (κ3) is 4.79. The topological polar surface area (TPSA) is 16.4 Å². The van der Waals surface area contributed by atoms with E-state index in [1.54, 1.807) is 0 Å². The molecule has 2 aromatic heterocycles. The lowest BCUT2D eigenvalue weighted by Crippen LogP contribution is -2.29. The number of thiophene rings is 1. The van der Waals surface area contributed by atoms with E-state index in [1.807, 2.05) is 11.3 Å². The fourth-order valence-electron chi connectivity index (χ4n) is 12.7. The molecule has 3 heteroatoms. The van der Waals surface area contributed by atoms with Crippen molar-refractivity contribution in [2.24, 2.45) is 0 Å². The number of benzene rings is 10. The second-order valence-corrected chi connectivity index (χ2v) is 20.1. The number of rotatable bonds is 3. The Morgan fingerprint density at radius 3 is 1.78 bits per heavy atom. The molecule has 3 aliphatic carbocycles. The average molecular weight is 872 g/mol. The van der Waals surface area contributed by atoms with Gasteiger partial charge in [0.1, 0.15) is 5.58 Å². The molecular weight excluding hydrogens is 831 g/mol. The van der Waals surface area contributed by atoms with Crippen molar-refractivity contribution in [2.75, 3.05) is 4.90 Å². The van der Waals surface area contributed by atoms with E-state index in [0.29, 0.717) is 0 Å². The van der Waals surface area contributed by atoms with Crippen molar-refractivity contribution >= 4 is 70.5 Å². The molecule has 0 saturated carbocycles. The summed E-state index contributed by atoms with van der Waals surface area (Å²) in [5, 5.41) is 4.90. The zero-order chi connectivity index (χ0) is 44.2. The quantitative estimate of drug-likeness (QED) is 0.176. The highest BCUT2D eigenvalue weighted by Crippen LogP contribution is 2.64. The third-order valence-electron chi connectivity index (χ3n) is 15.5. The lowest BCUT2D eigenvalue weighted by Gasteiger charge is -2.36. The molecule has 15 rings (SSSR count). The van der Waals surface area contributed by atoms with Gasteiger partial charge in [0.15, 0.2) is 5.58 Å². The first-order valence-corrected chi connectivity index (χ1v) is 24.1. The highest BCUT2D eigenvalue weighted by Gasteiger charge is 2.50. The summed E-state index contributed by atoms with van der Waals surface area (Å²) in [5.74, 6) is 0. The Morgan fingerprint density at radius 2 is 0.955 bits per heavy atom. The molecule has 314 valence electrons. The Kier molecular flexibility index (Phi) is 7.41. The predicted molar refractivity (Wildman–Crippen MR) is 281 cm³/mol. The van der Waals surface area contributed by atoms with Crippen LogP contribution in [-0.2, 0) is 10.8 Å². The average Bonchev–Trinajstić information content (AvgIpc) is 4.08. The van der Waals surface area contributed by atoms with Gasteiger partial charge in [-0.1, -0.05) is 178 Å². The zero-order valence-corrected chi connectivity index (χ0v) is 37.8. The highest BCUT2D eigenvalue weighted by atomic mass is 32.1. The van der Waals surface area contributed by atoms with Crippen molar-refractivity contribution in [3.05, 3.63) is 246 Å². The second-order valence-electron chi connectivity index (χ2n) is 19.1. The van der Waals surface area contributed by atoms with Crippen molar-refractivity contribution < 1.29 is 4.42 Å². The maximum absolute atomic E-state index is 6.90. The fraction of sp³-hybridized carbons (Fsp3) is 0.0625. The first-order chi connectivity index (χ1) is 33.0. The second kappa shape index (κ2) is 13.3. The SMILES string of the molecule is CC1(C)c2ccccc2-c2ccc(N(c3ccc4c(c3)-c3ccccc3-c3ccccc3C43c4ccccc4-c4c3ccc3sc5ccccc5c43)c3cccc4c3oc3ccccc34)cc21. The monoisotopic (exact) mass is 871 g/mol. The van der Waals surface area contributed by atoms with Crippen molar-refractivity contribution in [3.63, 3.8) is 0 Å². The molecule has 0 amide bonds. The fourth-order valence-corrected chi connectivity index (χ4v) is 13.8. The lowest BCUT2D eigenvalue weighted by atomic mass is 9.66. The minimum absolute atomic E-state index is 0.174. The summed E-state index contributed by atoms with van der Waals surface area (Å²) < 4.78 is 9.54. The van der Waals surface area contributed by atoms with Gasteiger partial charge in [-0.2, -0.15) is 0 Å². The van der Waals surface area contributed by atoms with Gasteiger partial charge in [0.2, 0.25) is 0 Å². The van der Waals surface area contributed by atoms with Gasteiger partial charge in [0.25, 0.3) is 0 Å². The van der Waals surface area contributed by atoms with Gasteiger partial charge in [-0.15, -0.1) is 11.3 Å². The first-order valence-electron chi connectivity index (χ1n) is 23.3. The molecule has 0 N–H and O–H groups in total. The summed E-state index contributed by atoms with van der Waals surface area (Å²) in [5.41, 5.74) is 22.3. The lowest BCUT2D eigenvalue weighted by molar-refractivity contribution is 0.660. The van der Waals surface area contributed by atoms with Crippen LogP contribution in [0.1, 0.15) is 47.2 Å². The molecule has 0 saturated heterocycles. The van der Waals surface area contributed by atoms with Crippen LogP contribution >= 0.6 is 11.3 Å². The molecule has 0 aliphatic heterocycles.